The van der Waals surface area contributed by atoms with Crippen molar-refractivity contribution in [3.63, 3.8) is 0 Å². The fourth-order valence-electron chi connectivity index (χ4n) is 3.66. The minimum Gasteiger partial charge on any atom is -0.486 e. The van der Waals surface area contributed by atoms with Crippen LogP contribution in [0.5, 0.6) is 5.75 Å². The van der Waals surface area contributed by atoms with Crippen LogP contribution in [0.25, 0.3) is 0 Å². The molecule has 1 aromatic heterocycles. The first-order valence-electron chi connectivity index (χ1n) is 9.45. The summed E-state index contributed by atoms with van der Waals surface area (Å²) in [5, 5.41) is 6.20. The molecule has 9 heteroatoms. The molecular formula is C20H17N3O6. The largest absolute Gasteiger partial charge is 0.486 e. The van der Waals surface area contributed by atoms with Crippen molar-refractivity contribution in [3.05, 3.63) is 46.8 Å². The molecule has 1 atom stereocenters. The summed E-state index contributed by atoms with van der Waals surface area (Å²) < 4.78 is 10.9. The molecular weight excluding hydrogens is 378 g/mol. The zero-order valence-corrected chi connectivity index (χ0v) is 15.3. The Bertz CT molecular complexity index is 1050. The first kappa shape index (κ1) is 17.6. The van der Waals surface area contributed by atoms with Crippen molar-refractivity contribution in [1.29, 1.82) is 0 Å². The topological polar surface area (TPSA) is 119 Å². The van der Waals surface area contributed by atoms with Crippen LogP contribution in [0.15, 0.2) is 28.8 Å². The Morgan fingerprint density at radius 1 is 1.07 bits per heavy atom. The highest BCUT2D eigenvalue weighted by atomic mass is 16.5. The number of rotatable bonds is 5. The fraction of sp³-hybridized carbons (Fsp3) is 0.350. The molecule has 2 fully saturated rings. The summed E-state index contributed by atoms with van der Waals surface area (Å²) in [4.78, 5) is 49.8. The Morgan fingerprint density at radius 2 is 1.86 bits per heavy atom. The first-order valence-corrected chi connectivity index (χ1v) is 9.45. The maximum absolute atomic E-state index is 12.8. The SMILES string of the molecule is O=C1CCC(N2C(=O)c3ccc(OCc4cc(C5CC5)no4)cc3C2=O)C(=O)N1. The zero-order chi connectivity index (χ0) is 20.1. The summed E-state index contributed by atoms with van der Waals surface area (Å²) in [6, 6.07) is 5.46. The molecule has 2 aliphatic heterocycles. The van der Waals surface area contributed by atoms with Gasteiger partial charge in [0.05, 0.1) is 16.8 Å². The second kappa shape index (κ2) is 6.54. The lowest BCUT2D eigenvalue weighted by Crippen LogP contribution is -2.54. The molecule has 0 bridgehead atoms. The molecule has 0 spiro atoms. The maximum atomic E-state index is 12.8. The summed E-state index contributed by atoms with van der Waals surface area (Å²) in [6.45, 7) is 0.150. The number of carbonyl (C=O) groups excluding carboxylic acids is 4. The van der Waals surface area contributed by atoms with E-state index in [9.17, 15) is 19.2 Å². The minimum absolute atomic E-state index is 0.0815. The molecule has 5 rings (SSSR count). The van der Waals surface area contributed by atoms with Gasteiger partial charge in [-0.2, -0.15) is 0 Å². The Balaban J connectivity index is 1.32. The Hall–Kier alpha value is -3.49. The van der Waals surface area contributed by atoms with Gasteiger partial charge in [-0.25, -0.2) is 0 Å². The van der Waals surface area contributed by atoms with Crippen molar-refractivity contribution in [2.75, 3.05) is 0 Å². The smallest absolute Gasteiger partial charge is 0.262 e. The lowest BCUT2D eigenvalue weighted by atomic mass is 10.0. The Labute approximate surface area is 165 Å². The predicted octanol–water partition coefficient (Wildman–Crippen LogP) is 1.53. The molecule has 3 heterocycles. The molecule has 2 aromatic rings. The molecule has 9 nitrogen and oxygen atoms in total. The highest BCUT2D eigenvalue weighted by Gasteiger charge is 2.44. The lowest BCUT2D eigenvalue weighted by molar-refractivity contribution is -0.136. The average molecular weight is 395 g/mol. The Kier molecular flexibility index (Phi) is 3.97. The van der Waals surface area contributed by atoms with Gasteiger partial charge in [0.15, 0.2) is 5.76 Å². The second-order valence-electron chi connectivity index (χ2n) is 7.44. The fourth-order valence-corrected chi connectivity index (χ4v) is 3.66. The highest BCUT2D eigenvalue weighted by molar-refractivity contribution is 6.23. The van der Waals surface area contributed by atoms with Gasteiger partial charge in [-0.3, -0.25) is 29.4 Å². The molecule has 1 aromatic carbocycles. The third-order valence-corrected chi connectivity index (χ3v) is 5.37. The van der Waals surface area contributed by atoms with Gasteiger partial charge in [0.25, 0.3) is 11.8 Å². The van der Waals surface area contributed by atoms with E-state index in [4.69, 9.17) is 9.26 Å². The molecule has 29 heavy (non-hydrogen) atoms. The van der Waals surface area contributed by atoms with Gasteiger partial charge in [-0.05, 0) is 37.5 Å². The van der Waals surface area contributed by atoms with Gasteiger partial charge < -0.3 is 9.26 Å². The number of nitrogens with one attached hydrogen (secondary N) is 1. The van der Waals surface area contributed by atoms with Crippen LogP contribution in [0, 0.1) is 0 Å². The van der Waals surface area contributed by atoms with E-state index in [1.165, 1.54) is 12.1 Å². The summed E-state index contributed by atoms with van der Waals surface area (Å²) in [5.41, 5.74) is 1.31. The maximum Gasteiger partial charge on any atom is 0.262 e. The monoisotopic (exact) mass is 395 g/mol. The molecule has 1 saturated carbocycles. The van der Waals surface area contributed by atoms with Gasteiger partial charge in [0, 0.05) is 18.4 Å². The van der Waals surface area contributed by atoms with Gasteiger partial charge in [-0.1, -0.05) is 5.16 Å². The van der Waals surface area contributed by atoms with Crippen molar-refractivity contribution < 1.29 is 28.4 Å². The van der Waals surface area contributed by atoms with E-state index in [0.717, 1.165) is 23.4 Å². The van der Waals surface area contributed by atoms with E-state index in [1.807, 2.05) is 6.07 Å². The number of amides is 4. The van der Waals surface area contributed by atoms with Crippen LogP contribution in [0.4, 0.5) is 0 Å². The van der Waals surface area contributed by atoms with Crippen LogP contribution in [0.1, 0.15) is 63.8 Å². The number of carbonyl (C=O) groups is 4. The molecule has 148 valence electrons. The molecule has 1 unspecified atom stereocenters. The average Bonchev–Trinajstić information content (AvgIpc) is 3.40. The van der Waals surface area contributed by atoms with Gasteiger partial charge in [-0.15, -0.1) is 0 Å². The summed E-state index contributed by atoms with van der Waals surface area (Å²) in [5.74, 6) is -0.690. The summed E-state index contributed by atoms with van der Waals surface area (Å²) in [7, 11) is 0. The van der Waals surface area contributed by atoms with E-state index in [0.29, 0.717) is 17.4 Å². The van der Waals surface area contributed by atoms with Crippen molar-refractivity contribution in [2.24, 2.45) is 0 Å². The number of hydrogen-bond acceptors (Lipinski definition) is 7. The standard InChI is InChI=1S/C20H17N3O6/c24-17-6-5-16(18(25)21-17)23-19(26)13-4-3-11(7-14(13)20(23)27)28-9-12-8-15(22-29-12)10-1-2-10/h3-4,7-8,10,16H,1-2,5-6,9H2,(H,21,24,25). The zero-order valence-electron chi connectivity index (χ0n) is 15.3. The van der Waals surface area contributed by atoms with Crippen LogP contribution >= 0.6 is 0 Å². The van der Waals surface area contributed by atoms with Crippen LogP contribution in [-0.4, -0.2) is 39.7 Å². The van der Waals surface area contributed by atoms with Crippen molar-refractivity contribution in [1.82, 2.24) is 15.4 Å². The van der Waals surface area contributed by atoms with Crippen molar-refractivity contribution in [2.45, 2.75) is 44.2 Å². The van der Waals surface area contributed by atoms with E-state index < -0.39 is 29.7 Å². The second-order valence-corrected chi connectivity index (χ2v) is 7.44. The third-order valence-electron chi connectivity index (χ3n) is 5.37. The van der Waals surface area contributed by atoms with E-state index in [2.05, 4.69) is 10.5 Å². The van der Waals surface area contributed by atoms with Crippen LogP contribution in [0.2, 0.25) is 0 Å². The number of nitrogens with zero attached hydrogens (tertiary/aromatic N) is 2. The third kappa shape index (κ3) is 3.08. The van der Waals surface area contributed by atoms with Gasteiger partial charge >= 0.3 is 0 Å². The van der Waals surface area contributed by atoms with Crippen LogP contribution in [-0.2, 0) is 16.2 Å². The molecule has 1 saturated heterocycles. The van der Waals surface area contributed by atoms with Crippen LogP contribution < -0.4 is 10.1 Å². The van der Waals surface area contributed by atoms with E-state index in [1.54, 1.807) is 6.07 Å². The highest BCUT2D eigenvalue weighted by Crippen LogP contribution is 2.39. The van der Waals surface area contributed by atoms with E-state index >= 15 is 0 Å². The normalized spacial score (nSPS) is 21.4. The van der Waals surface area contributed by atoms with Crippen LogP contribution in [0.3, 0.4) is 0 Å². The van der Waals surface area contributed by atoms with Gasteiger partial charge in [0.1, 0.15) is 18.4 Å². The number of aromatic nitrogens is 1. The predicted molar refractivity (Wildman–Crippen MR) is 95.9 cm³/mol. The molecule has 4 amide bonds. The Morgan fingerprint density at radius 3 is 2.62 bits per heavy atom. The van der Waals surface area contributed by atoms with Gasteiger partial charge in [0.2, 0.25) is 11.8 Å². The summed E-state index contributed by atoms with van der Waals surface area (Å²) in [6.07, 6.45) is 2.45. The van der Waals surface area contributed by atoms with E-state index in [-0.39, 0.29) is 30.6 Å². The van der Waals surface area contributed by atoms with Crippen molar-refractivity contribution >= 4 is 23.6 Å². The number of benzene rings is 1. The first-order chi connectivity index (χ1) is 14.0. The lowest BCUT2D eigenvalue weighted by Gasteiger charge is -2.27. The number of ether oxygens (including phenoxy) is 1. The number of piperidine rings is 1. The number of imide groups is 2. The van der Waals surface area contributed by atoms with Crippen molar-refractivity contribution in [3.8, 4) is 5.75 Å². The molecule has 1 N–H and O–H groups in total. The number of hydrogen-bond donors (Lipinski definition) is 1. The minimum atomic E-state index is -0.987. The molecule has 0 radical (unpaired) electrons. The molecule has 3 aliphatic rings. The quantitative estimate of drug-likeness (QED) is 0.763. The molecule has 1 aliphatic carbocycles. The number of fused-ring (bicyclic) bond motifs is 1. The summed E-state index contributed by atoms with van der Waals surface area (Å²) >= 11 is 0.